The van der Waals surface area contributed by atoms with Crippen LogP contribution in [0, 0.1) is 0 Å². The third kappa shape index (κ3) is 2.84. The van der Waals surface area contributed by atoms with Crippen molar-refractivity contribution < 1.29 is 4.74 Å². The van der Waals surface area contributed by atoms with Crippen LogP contribution < -0.4 is 5.73 Å². The monoisotopic (exact) mass is 283 g/mol. The van der Waals surface area contributed by atoms with E-state index in [2.05, 4.69) is 35.0 Å². The smallest absolute Gasteiger partial charge is 0.0801 e. The second-order valence-corrected chi connectivity index (χ2v) is 5.38. The molecular weight excluding hydrogens is 266 g/mol. The lowest BCUT2D eigenvalue weighted by atomic mass is 10.1. The fraction of sp³-hybridized carbons (Fsp3) is 0.538. The third-order valence-corrected chi connectivity index (χ3v) is 3.75. The highest BCUT2D eigenvalue weighted by Crippen LogP contribution is 2.27. The van der Waals surface area contributed by atoms with Gasteiger partial charge < -0.3 is 10.5 Å². The molecule has 2 nitrogen and oxygen atoms in total. The van der Waals surface area contributed by atoms with Crippen molar-refractivity contribution in [3.63, 3.8) is 0 Å². The Morgan fingerprint density at radius 1 is 1.31 bits per heavy atom. The Kier molecular flexibility index (Phi) is 4.00. The Bertz CT molecular complexity index is 338. The predicted octanol–water partition coefficient (Wildman–Crippen LogP) is 3.41. The van der Waals surface area contributed by atoms with Gasteiger partial charge >= 0.3 is 0 Å². The minimum Gasteiger partial charge on any atom is -0.369 e. The lowest BCUT2D eigenvalue weighted by molar-refractivity contribution is -0.00710. The second-order valence-electron chi connectivity index (χ2n) is 4.46. The van der Waals surface area contributed by atoms with Gasteiger partial charge in [-0.25, -0.2) is 0 Å². The van der Waals surface area contributed by atoms with Gasteiger partial charge in [0.2, 0.25) is 0 Å². The van der Waals surface area contributed by atoms with Crippen LogP contribution in [-0.4, -0.2) is 12.1 Å². The average Bonchev–Trinajstić information content (AvgIpc) is 2.65. The van der Waals surface area contributed by atoms with Gasteiger partial charge in [0.15, 0.2) is 0 Å². The molecule has 0 heterocycles. The largest absolute Gasteiger partial charge is 0.369 e. The van der Waals surface area contributed by atoms with Crippen LogP contribution in [-0.2, 0) is 4.74 Å². The summed E-state index contributed by atoms with van der Waals surface area (Å²) in [5, 5.41) is 0. The van der Waals surface area contributed by atoms with E-state index in [-0.39, 0.29) is 18.2 Å². The molecule has 1 aromatic rings. The van der Waals surface area contributed by atoms with Crippen LogP contribution in [0.25, 0.3) is 0 Å². The molecule has 0 radical (unpaired) electrons. The summed E-state index contributed by atoms with van der Waals surface area (Å²) in [7, 11) is 0. The molecule has 0 saturated heterocycles. The lowest BCUT2D eigenvalue weighted by Gasteiger charge is -2.22. The zero-order chi connectivity index (χ0) is 11.5. The Labute approximate surface area is 105 Å². The van der Waals surface area contributed by atoms with Crippen molar-refractivity contribution in [2.45, 2.75) is 44.4 Å². The normalized spacial score (nSPS) is 26.9. The van der Waals surface area contributed by atoms with Crippen LogP contribution in [0.15, 0.2) is 28.7 Å². The summed E-state index contributed by atoms with van der Waals surface area (Å²) < 4.78 is 7.11. The van der Waals surface area contributed by atoms with Crippen LogP contribution in [0.1, 0.15) is 37.9 Å². The fourth-order valence-electron chi connectivity index (χ4n) is 2.20. The van der Waals surface area contributed by atoms with Crippen LogP contribution in [0.3, 0.4) is 0 Å². The van der Waals surface area contributed by atoms with Crippen LogP contribution in [0.4, 0.5) is 0 Å². The molecule has 0 amide bonds. The molecule has 1 saturated carbocycles. The molecule has 3 atom stereocenters. The summed E-state index contributed by atoms with van der Waals surface area (Å²) in [5.41, 5.74) is 7.21. The van der Waals surface area contributed by atoms with Crippen molar-refractivity contribution >= 4 is 15.9 Å². The molecule has 1 aliphatic rings. The van der Waals surface area contributed by atoms with Gasteiger partial charge in [-0.1, -0.05) is 28.1 Å². The topological polar surface area (TPSA) is 35.2 Å². The Morgan fingerprint density at radius 2 is 2.00 bits per heavy atom. The van der Waals surface area contributed by atoms with E-state index >= 15 is 0 Å². The standard InChI is InChI=1S/C13H18BrNO/c1-9(10-5-7-11(14)8-6-10)16-13-4-2-3-12(13)15/h5-9,12-13H,2-4,15H2,1H3/t9?,12-,13-/m0/s1. The molecule has 0 spiro atoms. The van der Waals surface area contributed by atoms with Gasteiger partial charge in [-0.3, -0.25) is 0 Å². The van der Waals surface area contributed by atoms with Crippen molar-refractivity contribution in [2.75, 3.05) is 0 Å². The average molecular weight is 284 g/mol. The molecular formula is C13H18BrNO. The van der Waals surface area contributed by atoms with Gasteiger partial charge in [-0.15, -0.1) is 0 Å². The van der Waals surface area contributed by atoms with E-state index in [0.717, 1.165) is 17.3 Å². The first kappa shape index (κ1) is 12.1. The molecule has 1 fully saturated rings. The molecule has 0 bridgehead atoms. The summed E-state index contributed by atoms with van der Waals surface area (Å²) in [4.78, 5) is 0. The maximum atomic E-state index is 6.01. The van der Waals surface area contributed by atoms with Gasteiger partial charge in [-0.05, 0) is 43.9 Å². The molecule has 3 heteroatoms. The quantitative estimate of drug-likeness (QED) is 0.923. The number of nitrogens with two attached hydrogens (primary N) is 1. The summed E-state index contributed by atoms with van der Waals surface area (Å²) in [5.74, 6) is 0. The van der Waals surface area contributed by atoms with Crippen molar-refractivity contribution in [2.24, 2.45) is 5.73 Å². The lowest BCUT2D eigenvalue weighted by Crippen LogP contribution is -2.32. The summed E-state index contributed by atoms with van der Waals surface area (Å²) in [6.07, 6.45) is 3.75. The minimum atomic E-state index is 0.127. The third-order valence-electron chi connectivity index (χ3n) is 3.22. The van der Waals surface area contributed by atoms with Gasteiger partial charge in [0.1, 0.15) is 0 Å². The van der Waals surface area contributed by atoms with E-state index in [1.807, 2.05) is 12.1 Å². The predicted molar refractivity (Wildman–Crippen MR) is 69.3 cm³/mol. The highest BCUT2D eigenvalue weighted by Gasteiger charge is 2.26. The highest BCUT2D eigenvalue weighted by atomic mass is 79.9. The number of ether oxygens (including phenoxy) is 1. The Balaban J connectivity index is 1.97. The van der Waals surface area contributed by atoms with Crippen molar-refractivity contribution in [3.05, 3.63) is 34.3 Å². The van der Waals surface area contributed by atoms with E-state index in [9.17, 15) is 0 Å². The summed E-state index contributed by atoms with van der Waals surface area (Å²) in [6, 6.07) is 8.50. The van der Waals surface area contributed by atoms with E-state index < -0.39 is 0 Å². The SMILES string of the molecule is CC(O[C@H]1CCC[C@@H]1N)c1ccc(Br)cc1. The van der Waals surface area contributed by atoms with Gasteiger partial charge in [0.25, 0.3) is 0 Å². The fourth-order valence-corrected chi connectivity index (χ4v) is 2.46. The zero-order valence-corrected chi connectivity index (χ0v) is 11.1. The number of benzene rings is 1. The van der Waals surface area contributed by atoms with Crippen molar-refractivity contribution in [1.29, 1.82) is 0 Å². The maximum Gasteiger partial charge on any atom is 0.0801 e. The van der Waals surface area contributed by atoms with Crippen LogP contribution >= 0.6 is 15.9 Å². The molecule has 2 rings (SSSR count). The van der Waals surface area contributed by atoms with Crippen molar-refractivity contribution in [3.8, 4) is 0 Å². The Hall–Kier alpha value is -0.380. The van der Waals surface area contributed by atoms with Crippen LogP contribution in [0.2, 0.25) is 0 Å². The second kappa shape index (κ2) is 5.30. The minimum absolute atomic E-state index is 0.127. The van der Waals surface area contributed by atoms with E-state index in [0.29, 0.717) is 0 Å². The summed E-state index contributed by atoms with van der Waals surface area (Å²) >= 11 is 3.43. The molecule has 0 aromatic heterocycles. The molecule has 2 N–H and O–H groups in total. The van der Waals surface area contributed by atoms with E-state index in [4.69, 9.17) is 10.5 Å². The first-order valence-electron chi connectivity index (χ1n) is 5.83. The van der Waals surface area contributed by atoms with Gasteiger partial charge in [-0.2, -0.15) is 0 Å². The molecule has 0 aliphatic heterocycles. The molecule has 88 valence electrons. The maximum absolute atomic E-state index is 6.01. The van der Waals surface area contributed by atoms with Gasteiger partial charge in [0, 0.05) is 10.5 Å². The number of hydrogen-bond donors (Lipinski definition) is 1. The van der Waals surface area contributed by atoms with Crippen molar-refractivity contribution in [1.82, 2.24) is 0 Å². The first-order chi connectivity index (χ1) is 7.66. The highest BCUT2D eigenvalue weighted by molar-refractivity contribution is 9.10. The first-order valence-corrected chi connectivity index (χ1v) is 6.62. The molecule has 16 heavy (non-hydrogen) atoms. The molecule has 1 unspecified atom stereocenters. The number of halogens is 1. The zero-order valence-electron chi connectivity index (χ0n) is 9.53. The summed E-state index contributed by atoms with van der Waals surface area (Å²) in [6.45, 7) is 2.09. The number of hydrogen-bond acceptors (Lipinski definition) is 2. The van der Waals surface area contributed by atoms with Crippen LogP contribution in [0.5, 0.6) is 0 Å². The van der Waals surface area contributed by atoms with E-state index in [1.165, 1.54) is 12.0 Å². The number of rotatable bonds is 3. The van der Waals surface area contributed by atoms with Gasteiger partial charge in [0.05, 0.1) is 12.2 Å². The molecule has 1 aliphatic carbocycles. The van der Waals surface area contributed by atoms with E-state index in [1.54, 1.807) is 0 Å². The molecule has 1 aromatic carbocycles. The Morgan fingerprint density at radius 3 is 2.56 bits per heavy atom.